The van der Waals surface area contributed by atoms with Crippen LogP contribution in [0, 0.1) is 0 Å². The molecule has 9 heteroatoms. The second-order valence-electron chi connectivity index (χ2n) is 6.16. The van der Waals surface area contributed by atoms with E-state index in [1.807, 2.05) is 38.1 Å². The van der Waals surface area contributed by atoms with E-state index in [0.717, 1.165) is 12.0 Å². The zero-order chi connectivity index (χ0) is 19.4. The molecule has 3 aromatic rings. The molecule has 3 rings (SSSR count). The molecule has 0 spiro atoms. The number of aromatic nitrogens is 4. The molecule has 142 valence electrons. The first-order valence-corrected chi connectivity index (χ1v) is 9.95. The standard InChI is InChI=1S/C18H20ClN5O2S/c1-3-12(2)21-15(25)10-24-18(26)23-9-8-20-17(16(23)22-24)27-11-13-4-6-14(19)7-5-13/h4-9,12H,3,10-11H2,1-2H3,(H,21,25)/t12-/m1/s1. The predicted molar refractivity (Wildman–Crippen MR) is 106 cm³/mol. The fourth-order valence-corrected chi connectivity index (χ4v) is 3.45. The number of thioether (sulfide) groups is 1. The Balaban J connectivity index is 1.80. The number of carbonyl (C=O) groups excluding carboxylic acids is 1. The van der Waals surface area contributed by atoms with E-state index in [9.17, 15) is 9.59 Å². The SMILES string of the molecule is CC[C@@H](C)NC(=O)Cn1nc2c(SCc3ccc(Cl)cc3)nccn2c1=O. The van der Waals surface area contributed by atoms with Gasteiger partial charge in [-0.05, 0) is 31.0 Å². The molecular weight excluding hydrogens is 386 g/mol. The minimum absolute atomic E-state index is 0.0531. The van der Waals surface area contributed by atoms with Crippen molar-refractivity contribution in [1.82, 2.24) is 24.5 Å². The summed E-state index contributed by atoms with van der Waals surface area (Å²) < 4.78 is 2.58. The monoisotopic (exact) mass is 405 g/mol. The van der Waals surface area contributed by atoms with E-state index in [0.29, 0.717) is 21.4 Å². The van der Waals surface area contributed by atoms with Crippen molar-refractivity contribution in [2.75, 3.05) is 0 Å². The number of benzene rings is 1. The van der Waals surface area contributed by atoms with E-state index in [1.165, 1.54) is 20.8 Å². The Morgan fingerprint density at radius 1 is 1.33 bits per heavy atom. The lowest BCUT2D eigenvalue weighted by Gasteiger charge is -2.10. The van der Waals surface area contributed by atoms with E-state index in [4.69, 9.17) is 11.6 Å². The number of rotatable bonds is 7. The average Bonchev–Trinajstić information content (AvgIpc) is 2.97. The van der Waals surface area contributed by atoms with Crippen LogP contribution in [0.25, 0.3) is 5.65 Å². The van der Waals surface area contributed by atoms with Gasteiger partial charge < -0.3 is 5.32 Å². The van der Waals surface area contributed by atoms with Crippen LogP contribution in [0.3, 0.4) is 0 Å². The summed E-state index contributed by atoms with van der Waals surface area (Å²) in [6.07, 6.45) is 3.94. The molecular formula is C18H20ClN5O2S. The molecule has 0 aliphatic rings. The maximum Gasteiger partial charge on any atom is 0.350 e. The molecule has 0 aliphatic carbocycles. The fraction of sp³-hybridized carbons (Fsp3) is 0.333. The lowest BCUT2D eigenvalue weighted by molar-refractivity contribution is -0.122. The van der Waals surface area contributed by atoms with E-state index in [2.05, 4.69) is 15.4 Å². The van der Waals surface area contributed by atoms with E-state index >= 15 is 0 Å². The van der Waals surface area contributed by atoms with Crippen LogP contribution in [0.4, 0.5) is 0 Å². The van der Waals surface area contributed by atoms with Crippen LogP contribution in [0.2, 0.25) is 5.02 Å². The lowest BCUT2D eigenvalue weighted by atomic mass is 10.2. The Morgan fingerprint density at radius 3 is 2.78 bits per heavy atom. The molecule has 0 saturated carbocycles. The highest BCUT2D eigenvalue weighted by atomic mass is 35.5. The molecule has 27 heavy (non-hydrogen) atoms. The molecule has 0 bridgehead atoms. The van der Waals surface area contributed by atoms with Crippen molar-refractivity contribution in [3.63, 3.8) is 0 Å². The molecule has 0 radical (unpaired) electrons. The van der Waals surface area contributed by atoms with Crippen molar-refractivity contribution in [2.24, 2.45) is 0 Å². The first-order valence-electron chi connectivity index (χ1n) is 8.58. The summed E-state index contributed by atoms with van der Waals surface area (Å²) in [5, 5.41) is 8.46. The molecule has 0 fully saturated rings. The van der Waals surface area contributed by atoms with Gasteiger partial charge in [-0.15, -0.1) is 5.10 Å². The molecule has 0 aliphatic heterocycles. The summed E-state index contributed by atoms with van der Waals surface area (Å²) in [5.41, 5.74) is 1.17. The zero-order valence-corrected chi connectivity index (χ0v) is 16.6. The molecule has 0 saturated heterocycles. The topological polar surface area (TPSA) is 81.3 Å². The normalized spacial score (nSPS) is 12.3. The van der Waals surface area contributed by atoms with Gasteiger partial charge in [-0.2, -0.15) is 0 Å². The lowest BCUT2D eigenvalue weighted by Crippen LogP contribution is -2.37. The third kappa shape index (κ3) is 4.70. The van der Waals surface area contributed by atoms with Crippen molar-refractivity contribution in [2.45, 2.75) is 43.6 Å². The summed E-state index contributed by atoms with van der Waals surface area (Å²) in [6, 6.07) is 7.61. The van der Waals surface area contributed by atoms with Crippen LogP contribution in [0.15, 0.2) is 46.5 Å². The number of fused-ring (bicyclic) bond motifs is 1. The van der Waals surface area contributed by atoms with Gasteiger partial charge in [0.1, 0.15) is 11.6 Å². The third-order valence-electron chi connectivity index (χ3n) is 4.07. The number of hydrogen-bond acceptors (Lipinski definition) is 5. The fourth-order valence-electron chi connectivity index (χ4n) is 2.42. The molecule has 7 nitrogen and oxygen atoms in total. The number of amides is 1. The van der Waals surface area contributed by atoms with Crippen molar-refractivity contribution in [3.8, 4) is 0 Å². The highest BCUT2D eigenvalue weighted by Gasteiger charge is 2.15. The van der Waals surface area contributed by atoms with Gasteiger partial charge in [-0.1, -0.05) is 42.4 Å². The Bertz CT molecular complexity index is 999. The number of nitrogens with one attached hydrogen (secondary N) is 1. The quantitative estimate of drug-likeness (QED) is 0.611. The molecule has 1 atom stereocenters. The van der Waals surface area contributed by atoms with Gasteiger partial charge in [0.2, 0.25) is 5.91 Å². The van der Waals surface area contributed by atoms with Gasteiger partial charge in [-0.25, -0.2) is 18.9 Å². The molecule has 1 N–H and O–H groups in total. The van der Waals surface area contributed by atoms with Crippen molar-refractivity contribution < 1.29 is 4.79 Å². The van der Waals surface area contributed by atoms with Crippen LogP contribution in [0.5, 0.6) is 0 Å². The first-order chi connectivity index (χ1) is 13.0. The molecule has 2 aromatic heterocycles. The van der Waals surface area contributed by atoms with Gasteiger partial charge in [0.05, 0.1) is 0 Å². The minimum atomic E-state index is -0.361. The molecule has 0 unspecified atom stereocenters. The number of halogens is 1. The number of hydrogen-bond donors (Lipinski definition) is 1. The van der Waals surface area contributed by atoms with Gasteiger partial charge in [0, 0.05) is 29.2 Å². The first kappa shape index (κ1) is 19.4. The van der Waals surface area contributed by atoms with Gasteiger partial charge in [0.25, 0.3) is 0 Å². The molecule has 1 aromatic carbocycles. The Morgan fingerprint density at radius 2 is 2.07 bits per heavy atom. The van der Waals surface area contributed by atoms with Crippen LogP contribution in [0.1, 0.15) is 25.8 Å². The highest BCUT2D eigenvalue weighted by molar-refractivity contribution is 7.98. The number of nitrogens with zero attached hydrogens (tertiary/aromatic N) is 4. The maximum atomic E-state index is 12.5. The van der Waals surface area contributed by atoms with Crippen LogP contribution < -0.4 is 11.0 Å². The molecule has 2 heterocycles. The van der Waals surface area contributed by atoms with Crippen LogP contribution in [-0.2, 0) is 17.1 Å². The maximum absolute atomic E-state index is 12.5. The highest BCUT2D eigenvalue weighted by Crippen LogP contribution is 2.24. The minimum Gasteiger partial charge on any atom is -0.352 e. The van der Waals surface area contributed by atoms with Crippen LogP contribution in [-0.4, -0.2) is 31.1 Å². The number of carbonyl (C=O) groups is 1. The zero-order valence-electron chi connectivity index (χ0n) is 15.1. The van der Waals surface area contributed by atoms with Gasteiger partial charge in [-0.3, -0.25) is 4.79 Å². The van der Waals surface area contributed by atoms with Crippen molar-refractivity contribution in [1.29, 1.82) is 0 Å². The van der Waals surface area contributed by atoms with E-state index in [1.54, 1.807) is 12.4 Å². The third-order valence-corrected chi connectivity index (χ3v) is 5.36. The largest absolute Gasteiger partial charge is 0.352 e. The summed E-state index contributed by atoms with van der Waals surface area (Å²) in [5.74, 6) is 0.428. The second kappa shape index (κ2) is 8.58. The van der Waals surface area contributed by atoms with Gasteiger partial charge in [0.15, 0.2) is 5.65 Å². The summed E-state index contributed by atoms with van der Waals surface area (Å²) in [6.45, 7) is 3.78. The van der Waals surface area contributed by atoms with E-state index < -0.39 is 0 Å². The van der Waals surface area contributed by atoms with Crippen LogP contribution >= 0.6 is 23.4 Å². The molecule has 1 amide bonds. The van der Waals surface area contributed by atoms with Crippen molar-refractivity contribution >= 4 is 34.9 Å². The Labute approximate surface area is 165 Å². The summed E-state index contributed by atoms with van der Waals surface area (Å²) >= 11 is 7.38. The van der Waals surface area contributed by atoms with Gasteiger partial charge >= 0.3 is 5.69 Å². The Kier molecular flexibility index (Phi) is 6.18. The smallest absolute Gasteiger partial charge is 0.350 e. The predicted octanol–water partition coefficient (Wildman–Crippen LogP) is 2.75. The van der Waals surface area contributed by atoms with Crippen molar-refractivity contribution in [3.05, 3.63) is 57.7 Å². The average molecular weight is 406 g/mol. The summed E-state index contributed by atoms with van der Waals surface area (Å²) in [7, 11) is 0. The van der Waals surface area contributed by atoms with E-state index in [-0.39, 0.29) is 24.2 Å². The summed E-state index contributed by atoms with van der Waals surface area (Å²) in [4.78, 5) is 28.9. The Hall–Kier alpha value is -2.32. The second-order valence-corrected chi connectivity index (χ2v) is 7.56.